The minimum atomic E-state index is -4.76. The lowest BCUT2D eigenvalue weighted by Crippen LogP contribution is -2.30. The SMILES string of the molecule is C[C@@H](OC(=O)c1ccc(S(=O)(=O)C(F)F)cc1)C(=O)Nc1nc(-c2ccccc2)cs1. The fraction of sp³-hybridized carbons (Fsp3) is 0.150. The molecule has 1 N–H and O–H groups in total. The quantitative estimate of drug-likeness (QED) is 0.528. The van der Waals surface area contributed by atoms with Crippen LogP contribution in [0.1, 0.15) is 17.3 Å². The third-order valence-corrected chi connectivity index (χ3v) is 6.27. The van der Waals surface area contributed by atoms with Crippen LogP contribution in [-0.2, 0) is 19.4 Å². The van der Waals surface area contributed by atoms with Gasteiger partial charge in [0.15, 0.2) is 11.2 Å². The third kappa shape index (κ3) is 5.30. The van der Waals surface area contributed by atoms with Gasteiger partial charge >= 0.3 is 11.7 Å². The van der Waals surface area contributed by atoms with E-state index in [1.807, 2.05) is 30.3 Å². The predicted molar refractivity (Wildman–Crippen MR) is 111 cm³/mol. The van der Waals surface area contributed by atoms with Gasteiger partial charge in [-0.1, -0.05) is 30.3 Å². The van der Waals surface area contributed by atoms with E-state index < -0.39 is 38.5 Å². The molecule has 2 aromatic carbocycles. The topological polar surface area (TPSA) is 102 Å². The van der Waals surface area contributed by atoms with E-state index in [2.05, 4.69) is 10.3 Å². The van der Waals surface area contributed by atoms with Crippen molar-refractivity contribution in [2.75, 3.05) is 5.32 Å². The largest absolute Gasteiger partial charge is 0.449 e. The van der Waals surface area contributed by atoms with E-state index in [1.54, 1.807) is 5.38 Å². The highest BCUT2D eigenvalue weighted by Crippen LogP contribution is 2.25. The highest BCUT2D eigenvalue weighted by molar-refractivity contribution is 7.91. The van der Waals surface area contributed by atoms with Gasteiger partial charge in [0.25, 0.3) is 5.91 Å². The summed E-state index contributed by atoms with van der Waals surface area (Å²) in [6, 6.07) is 13.2. The lowest BCUT2D eigenvalue weighted by atomic mass is 10.2. The Morgan fingerprint density at radius 1 is 1.06 bits per heavy atom. The summed E-state index contributed by atoms with van der Waals surface area (Å²) in [5, 5.41) is 4.66. The molecule has 7 nitrogen and oxygen atoms in total. The van der Waals surface area contributed by atoms with Gasteiger partial charge in [0.05, 0.1) is 16.2 Å². The van der Waals surface area contributed by atoms with Crippen LogP contribution in [0.3, 0.4) is 0 Å². The lowest BCUT2D eigenvalue weighted by molar-refractivity contribution is -0.123. The van der Waals surface area contributed by atoms with Crippen molar-refractivity contribution < 1.29 is 31.5 Å². The number of hydrogen-bond donors (Lipinski definition) is 1. The van der Waals surface area contributed by atoms with Gasteiger partial charge in [0.2, 0.25) is 9.84 Å². The molecule has 1 atom stereocenters. The maximum Gasteiger partial charge on any atom is 0.341 e. The van der Waals surface area contributed by atoms with Crippen molar-refractivity contribution in [3.63, 3.8) is 0 Å². The molecule has 1 heterocycles. The zero-order valence-electron chi connectivity index (χ0n) is 16.0. The number of aromatic nitrogens is 1. The van der Waals surface area contributed by atoms with Crippen LogP contribution in [0, 0.1) is 0 Å². The van der Waals surface area contributed by atoms with Gasteiger partial charge in [0, 0.05) is 10.9 Å². The number of rotatable bonds is 7. The second-order valence-corrected chi connectivity index (χ2v) is 9.05. The monoisotopic (exact) mass is 466 g/mol. The maximum absolute atomic E-state index is 12.6. The van der Waals surface area contributed by atoms with Crippen LogP contribution < -0.4 is 5.32 Å². The molecule has 0 saturated carbocycles. The molecule has 3 rings (SSSR count). The fourth-order valence-corrected chi connectivity index (χ4v) is 3.89. The molecule has 11 heteroatoms. The van der Waals surface area contributed by atoms with Crippen molar-refractivity contribution in [2.24, 2.45) is 0 Å². The molecule has 0 unspecified atom stereocenters. The molecule has 1 amide bonds. The Balaban J connectivity index is 1.61. The van der Waals surface area contributed by atoms with E-state index in [-0.39, 0.29) is 5.56 Å². The molecular formula is C20H16F2N2O5S2. The molecule has 0 spiro atoms. The van der Waals surface area contributed by atoms with Gasteiger partial charge in [0.1, 0.15) is 0 Å². The van der Waals surface area contributed by atoms with Gasteiger partial charge in [-0.2, -0.15) is 8.78 Å². The van der Waals surface area contributed by atoms with Crippen LogP contribution in [0.5, 0.6) is 0 Å². The number of nitrogens with one attached hydrogen (secondary N) is 1. The van der Waals surface area contributed by atoms with Gasteiger partial charge in [-0.25, -0.2) is 18.2 Å². The van der Waals surface area contributed by atoms with Gasteiger partial charge in [-0.3, -0.25) is 10.1 Å². The number of alkyl halides is 2. The van der Waals surface area contributed by atoms with E-state index in [4.69, 9.17) is 4.74 Å². The number of carbonyl (C=O) groups is 2. The highest BCUT2D eigenvalue weighted by Gasteiger charge is 2.27. The van der Waals surface area contributed by atoms with Crippen molar-refractivity contribution in [1.29, 1.82) is 0 Å². The molecule has 0 aliphatic rings. The summed E-state index contributed by atoms with van der Waals surface area (Å²) < 4.78 is 53.0. The number of esters is 1. The zero-order chi connectivity index (χ0) is 22.6. The number of hydrogen-bond acceptors (Lipinski definition) is 7. The van der Waals surface area contributed by atoms with E-state index in [1.165, 1.54) is 18.3 Å². The van der Waals surface area contributed by atoms with E-state index in [0.29, 0.717) is 10.8 Å². The highest BCUT2D eigenvalue weighted by atomic mass is 32.2. The van der Waals surface area contributed by atoms with Gasteiger partial charge < -0.3 is 4.74 Å². The Kier molecular flexibility index (Phi) is 6.76. The summed E-state index contributed by atoms with van der Waals surface area (Å²) in [4.78, 5) is 28.2. The standard InChI is InChI=1S/C20H16F2N2O5S2/c1-12(17(25)24-20-23-16(11-30-20)13-5-3-2-4-6-13)29-18(26)14-7-9-15(10-8-14)31(27,28)19(21)22/h2-12,19H,1H3,(H,23,24,25)/t12-/m1/s1. The van der Waals surface area contributed by atoms with E-state index >= 15 is 0 Å². The predicted octanol–water partition coefficient (Wildman–Crippen LogP) is 3.99. The molecular weight excluding hydrogens is 450 g/mol. The summed E-state index contributed by atoms with van der Waals surface area (Å²) in [5.41, 5.74) is 1.48. The van der Waals surface area contributed by atoms with Crippen LogP contribution in [0.4, 0.5) is 13.9 Å². The first-order valence-corrected chi connectivity index (χ1v) is 11.3. The molecule has 0 saturated heterocycles. The molecule has 31 heavy (non-hydrogen) atoms. The Bertz CT molecular complexity index is 1180. The minimum Gasteiger partial charge on any atom is -0.449 e. The van der Waals surface area contributed by atoms with Gasteiger partial charge in [-0.05, 0) is 31.2 Å². The van der Waals surface area contributed by atoms with Crippen LogP contribution in [-0.4, -0.2) is 37.1 Å². The van der Waals surface area contributed by atoms with Crippen molar-refractivity contribution in [3.8, 4) is 11.3 Å². The number of nitrogens with zero attached hydrogens (tertiary/aromatic N) is 1. The van der Waals surface area contributed by atoms with Crippen LogP contribution in [0.2, 0.25) is 0 Å². The van der Waals surface area contributed by atoms with Crippen LogP contribution >= 0.6 is 11.3 Å². The summed E-state index contributed by atoms with van der Waals surface area (Å²) in [6.45, 7) is 1.36. The number of benzene rings is 2. The minimum absolute atomic E-state index is 0.0894. The van der Waals surface area contributed by atoms with Gasteiger partial charge in [-0.15, -0.1) is 11.3 Å². The molecule has 0 aliphatic heterocycles. The van der Waals surface area contributed by atoms with Crippen LogP contribution in [0.15, 0.2) is 64.9 Å². The van der Waals surface area contributed by atoms with Crippen molar-refractivity contribution >= 4 is 38.2 Å². The second-order valence-electron chi connectivity index (χ2n) is 6.27. The van der Waals surface area contributed by atoms with Crippen molar-refractivity contribution in [2.45, 2.75) is 23.7 Å². The summed E-state index contributed by atoms with van der Waals surface area (Å²) in [7, 11) is -4.76. The fourth-order valence-electron chi connectivity index (χ4n) is 2.45. The number of amides is 1. The number of sulfone groups is 1. The van der Waals surface area contributed by atoms with E-state index in [0.717, 1.165) is 29.8 Å². The Hall–Kier alpha value is -3.18. The summed E-state index contributed by atoms with van der Waals surface area (Å²) >= 11 is 1.21. The summed E-state index contributed by atoms with van der Waals surface area (Å²) in [6.07, 6.45) is -1.18. The average molecular weight is 466 g/mol. The van der Waals surface area contributed by atoms with E-state index in [9.17, 15) is 26.8 Å². The molecule has 0 aliphatic carbocycles. The molecule has 1 aromatic heterocycles. The molecule has 0 radical (unpaired) electrons. The van der Waals surface area contributed by atoms with Crippen molar-refractivity contribution in [1.82, 2.24) is 4.98 Å². The number of anilines is 1. The van der Waals surface area contributed by atoms with Crippen molar-refractivity contribution in [3.05, 3.63) is 65.5 Å². The average Bonchev–Trinajstić information content (AvgIpc) is 3.22. The Morgan fingerprint density at radius 2 is 1.71 bits per heavy atom. The summed E-state index contributed by atoms with van der Waals surface area (Å²) in [5.74, 6) is -5.09. The lowest BCUT2D eigenvalue weighted by Gasteiger charge is -2.12. The van der Waals surface area contributed by atoms with Crippen LogP contribution in [0.25, 0.3) is 11.3 Å². The number of thiazole rings is 1. The molecule has 0 fully saturated rings. The maximum atomic E-state index is 12.6. The number of halogens is 2. The number of carbonyl (C=O) groups excluding carboxylic acids is 2. The number of ether oxygens (including phenoxy) is 1. The normalized spacial score (nSPS) is 12.4. The Labute approximate surface area is 180 Å². The second kappa shape index (κ2) is 9.31. The first-order valence-electron chi connectivity index (χ1n) is 8.83. The molecule has 0 bridgehead atoms. The first-order chi connectivity index (χ1) is 14.7. The molecule has 3 aromatic rings. The zero-order valence-corrected chi connectivity index (χ0v) is 17.6. The smallest absolute Gasteiger partial charge is 0.341 e. The molecule has 162 valence electrons. The third-order valence-electron chi connectivity index (χ3n) is 4.11. The first kappa shape index (κ1) is 22.5. The Morgan fingerprint density at radius 3 is 2.32 bits per heavy atom.